The first kappa shape index (κ1) is 19.2. The number of benzene rings is 2. The lowest BCUT2D eigenvalue weighted by atomic mass is 10.1. The molecule has 0 amide bonds. The molecule has 2 aromatic rings. The Kier molecular flexibility index (Phi) is 6.02. The molecule has 0 bridgehead atoms. The first-order valence-electron chi connectivity index (χ1n) is 7.02. The number of nitrogens with zero attached hydrogens (tertiary/aromatic N) is 1. The number of hydrogen-bond acceptors (Lipinski definition) is 5. The van der Waals surface area contributed by atoms with Crippen LogP contribution in [0.25, 0.3) is 0 Å². The van der Waals surface area contributed by atoms with E-state index in [0.717, 1.165) is 30.2 Å². The van der Waals surface area contributed by atoms with Crippen LogP contribution >= 0.6 is 11.8 Å². The second-order valence-corrected chi connectivity index (χ2v) is 7.95. The lowest BCUT2D eigenvalue weighted by Gasteiger charge is -2.13. The van der Waals surface area contributed by atoms with Gasteiger partial charge in [-0.1, -0.05) is 23.0 Å². The Hall–Kier alpha value is -2.13. The van der Waals surface area contributed by atoms with Gasteiger partial charge in [0.25, 0.3) is 0 Å². The Morgan fingerprint density at radius 2 is 1.88 bits per heavy atom. The van der Waals surface area contributed by atoms with E-state index in [9.17, 15) is 17.2 Å². The monoisotopic (exact) mass is 386 g/mol. The molecule has 2 rings (SSSR count). The Balaban J connectivity index is 2.49. The molecule has 2 aromatic carbocycles. The van der Waals surface area contributed by atoms with E-state index >= 15 is 0 Å². The van der Waals surface area contributed by atoms with Gasteiger partial charge in [0.05, 0.1) is 17.7 Å². The highest BCUT2D eigenvalue weighted by molar-refractivity contribution is 7.99. The first-order valence-corrected chi connectivity index (χ1v) is 9.73. The summed E-state index contributed by atoms with van der Waals surface area (Å²) in [4.78, 5) is 5.33. The first-order chi connectivity index (χ1) is 11.7. The molecule has 0 saturated heterocycles. The molecule has 0 aromatic heterocycles. The minimum Gasteiger partial charge on any atom is -0.399 e. The van der Waals surface area contributed by atoms with Crippen LogP contribution in [0.15, 0.2) is 51.3 Å². The van der Waals surface area contributed by atoms with E-state index in [1.54, 1.807) is 25.1 Å². The largest absolute Gasteiger partial charge is 0.399 e. The van der Waals surface area contributed by atoms with Crippen LogP contribution in [-0.2, 0) is 14.9 Å². The predicted molar refractivity (Wildman–Crippen MR) is 94.6 cm³/mol. The third-order valence-corrected chi connectivity index (χ3v) is 4.74. The molecule has 0 unspecified atom stereocenters. The number of rotatable bonds is 6. The van der Waals surface area contributed by atoms with Crippen molar-refractivity contribution in [3.8, 4) is 0 Å². The van der Waals surface area contributed by atoms with E-state index in [1.807, 2.05) is 0 Å². The topological polar surface area (TPSA) is 67.8 Å². The standard InChI is InChI=1S/C16H16F2N2O3S2/c1-10(19-23-2)11-4-6-14(20-25(3,21)22)16(8-11)24-15-7-5-12(17)9-13(15)18/h4-9,20H,1-3H3. The van der Waals surface area contributed by atoms with Gasteiger partial charge < -0.3 is 4.84 Å². The minimum atomic E-state index is -3.52. The molecular formula is C16H16F2N2O3S2. The highest BCUT2D eigenvalue weighted by atomic mass is 32.2. The highest BCUT2D eigenvalue weighted by Gasteiger charge is 2.14. The third kappa shape index (κ3) is 5.43. The summed E-state index contributed by atoms with van der Waals surface area (Å²) in [5.41, 5.74) is 1.52. The Labute approximate surface area is 149 Å². The van der Waals surface area contributed by atoms with Crippen LogP contribution in [0.4, 0.5) is 14.5 Å². The molecule has 0 aliphatic rings. The molecule has 5 nitrogen and oxygen atoms in total. The van der Waals surface area contributed by atoms with Crippen LogP contribution in [0.5, 0.6) is 0 Å². The van der Waals surface area contributed by atoms with Gasteiger partial charge in [0.2, 0.25) is 10.0 Å². The van der Waals surface area contributed by atoms with Gasteiger partial charge in [-0.25, -0.2) is 17.2 Å². The van der Waals surface area contributed by atoms with Crippen LogP contribution in [0, 0.1) is 11.6 Å². The van der Waals surface area contributed by atoms with Gasteiger partial charge in [0.15, 0.2) is 0 Å². The molecule has 0 spiro atoms. The molecule has 0 saturated carbocycles. The average Bonchev–Trinajstić information content (AvgIpc) is 2.50. The minimum absolute atomic E-state index is 0.163. The molecule has 9 heteroatoms. The lowest BCUT2D eigenvalue weighted by Crippen LogP contribution is -2.10. The second-order valence-electron chi connectivity index (χ2n) is 5.12. The van der Waals surface area contributed by atoms with Crippen molar-refractivity contribution < 1.29 is 22.0 Å². The van der Waals surface area contributed by atoms with E-state index in [1.165, 1.54) is 13.2 Å². The molecule has 0 aliphatic heterocycles. The smallest absolute Gasteiger partial charge is 0.229 e. The van der Waals surface area contributed by atoms with Gasteiger partial charge in [-0.05, 0) is 31.2 Å². The molecule has 0 heterocycles. The summed E-state index contributed by atoms with van der Waals surface area (Å²) in [5.74, 6) is -1.42. The molecule has 0 atom stereocenters. The predicted octanol–water partition coefficient (Wildman–Crippen LogP) is 3.86. The molecule has 1 N–H and O–H groups in total. The molecular weight excluding hydrogens is 370 g/mol. The quantitative estimate of drug-likeness (QED) is 0.605. The van der Waals surface area contributed by atoms with Crippen molar-refractivity contribution in [2.45, 2.75) is 16.7 Å². The van der Waals surface area contributed by atoms with E-state index in [4.69, 9.17) is 4.84 Å². The van der Waals surface area contributed by atoms with Crippen molar-refractivity contribution in [1.29, 1.82) is 0 Å². The summed E-state index contributed by atoms with van der Waals surface area (Å²) >= 11 is 0.975. The SMILES string of the molecule is CON=C(C)c1ccc(NS(C)(=O)=O)c(Sc2ccc(F)cc2F)c1. The maximum absolute atomic E-state index is 13.9. The number of sulfonamides is 1. The number of hydrogen-bond donors (Lipinski definition) is 1. The zero-order chi connectivity index (χ0) is 18.6. The summed E-state index contributed by atoms with van der Waals surface area (Å²) < 4.78 is 52.5. The van der Waals surface area contributed by atoms with Crippen molar-refractivity contribution in [3.63, 3.8) is 0 Å². The van der Waals surface area contributed by atoms with Gasteiger partial charge in [-0.2, -0.15) is 0 Å². The zero-order valence-corrected chi connectivity index (χ0v) is 15.3. The number of oxime groups is 1. The number of halogens is 2. The van der Waals surface area contributed by atoms with Gasteiger partial charge >= 0.3 is 0 Å². The fourth-order valence-corrected chi connectivity index (χ4v) is 3.57. The lowest BCUT2D eigenvalue weighted by molar-refractivity contribution is 0.213. The van der Waals surface area contributed by atoms with Gasteiger partial charge in [-0.15, -0.1) is 0 Å². The second kappa shape index (κ2) is 7.83. The summed E-state index contributed by atoms with van der Waals surface area (Å²) in [7, 11) is -2.11. The van der Waals surface area contributed by atoms with Gasteiger partial charge in [0.1, 0.15) is 18.7 Å². The van der Waals surface area contributed by atoms with Crippen LogP contribution < -0.4 is 4.72 Å². The number of anilines is 1. The summed E-state index contributed by atoms with van der Waals surface area (Å²) in [6, 6.07) is 8.07. The van der Waals surface area contributed by atoms with E-state index in [0.29, 0.717) is 16.2 Å². The zero-order valence-electron chi connectivity index (χ0n) is 13.7. The van der Waals surface area contributed by atoms with E-state index in [-0.39, 0.29) is 10.6 Å². The Bertz CT molecular complexity index is 916. The summed E-state index contributed by atoms with van der Waals surface area (Å²) in [6.07, 6.45) is 1.02. The van der Waals surface area contributed by atoms with Crippen molar-refractivity contribution in [2.24, 2.45) is 5.16 Å². The molecule has 0 radical (unpaired) electrons. The Morgan fingerprint density at radius 1 is 1.16 bits per heavy atom. The van der Waals surface area contributed by atoms with Crippen LogP contribution in [0.2, 0.25) is 0 Å². The molecule has 25 heavy (non-hydrogen) atoms. The van der Waals surface area contributed by atoms with Crippen LogP contribution in [0.1, 0.15) is 12.5 Å². The fourth-order valence-electron chi connectivity index (χ4n) is 1.98. The Morgan fingerprint density at radius 3 is 2.48 bits per heavy atom. The summed E-state index contributed by atoms with van der Waals surface area (Å²) in [6.45, 7) is 1.72. The van der Waals surface area contributed by atoms with Crippen molar-refractivity contribution in [3.05, 3.63) is 53.6 Å². The number of nitrogens with one attached hydrogen (secondary N) is 1. The highest BCUT2D eigenvalue weighted by Crippen LogP contribution is 2.36. The van der Waals surface area contributed by atoms with Gasteiger partial charge in [-0.3, -0.25) is 4.72 Å². The van der Waals surface area contributed by atoms with Crippen molar-refractivity contribution >= 4 is 33.2 Å². The fraction of sp³-hybridized carbons (Fsp3) is 0.188. The van der Waals surface area contributed by atoms with Crippen LogP contribution in [0.3, 0.4) is 0 Å². The molecule has 0 aliphatic carbocycles. The van der Waals surface area contributed by atoms with Crippen molar-refractivity contribution in [1.82, 2.24) is 0 Å². The maximum atomic E-state index is 13.9. The van der Waals surface area contributed by atoms with E-state index in [2.05, 4.69) is 9.88 Å². The molecule has 0 fully saturated rings. The maximum Gasteiger partial charge on any atom is 0.229 e. The van der Waals surface area contributed by atoms with Crippen LogP contribution in [-0.4, -0.2) is 27.5 Å². The van der Waals surface area contributed by atoms with E-state index < -0.39 is 21.7 Å². The van der Waals surface area contributed by atoms with Gasteiger partial charge in [0, 0.05) is 21.4 Å². The third-order valence-electron chi connectivity index (χ3n) is 3.04. The molecule has 134 valence electrons. The van der Waals surface area contributed by atoms with Crippen molar-refractivity contribution in [2.75, 3.05) is 18.1 Å². The average molecular weight is 386 g/mol. The normalized spacial score (nSPS) is 12.1. The summed E-state index contributed by atoms with van der Waals surface area (Å²) in [5, 5.41) is 3.82.